The third kappa shape index (κ3) is 5.32. The summed E-state index contributed by atoms with van der Waals surface area (Å²) in [5, 5.41) is 12.5. The smallest absolute Gasteiger partial charge is 0.301 e. The number of rotatable bonds is 7. The Balaban J connectivity index is 1.35. The van der Waals surface area contributed by atoms with Crippen LogP contribution >= 0.6 is 22.9 Å². The van der Waals surface area contributed by atoms with Gasteiger partial charge in [0.1, 0.15) is 25.6 Å². The molecule has 45 heavy (non-hydrogen) atoms. The fraction of sp³-hybridized carbons (Fsp3) is 0.147. The van der Waals surface area contributed by atoms with Crippen LogP contribution in [-0.4, -0.2) is 42.1 Å². The van der Waals surface area contributed by atoms with Gasteiger partial charge in [0.2, 0.25) is 0 Å². The van der Waals surface area contributed by atoms with Gasteiger partial charge in [0.15, 0.2) is 28.1 Å². The van der Waals surface area contributed by atoms with Crippen molar-refractivity contribution in [2.75, 3.05) is 25.2 Å². The Hall–Kier alpha value is -5.06. The van der Waals surface area contributed by atoms with Crippen molar-refractivity contribution in [2.24, 2.45) is 0 Å². The average Bonchev–Trinajstić information content (AvgIpc) is 3.60. The van der Waals surface area contributed by atoms with Crippen LogP contribution < -0.4 is 23.8 Å². The van der Waals surface area contributed by atoms with Crippen molar-refractivity contribution in [3.8, 4) is 23.0 Å². The Morgan fingerprint density at radius 3 is 2.58 bits per heavy atom. The number of amides is 1. The van der Waals surface area contributed by atoms with Crippen LogP contribution in [0.25, 0.3) is 16.0 Å². The van der Waals surface area contributed by atoms with Crippen molar-refractivity contribution in [1.29, 1.82) is 0 Å². The number of aromatic nitrogens is 1. The number of benzene rings is 4. The SMILES string of the molecule is COc1cc([C@H]2C(=C(O)c3ccc4c(c3)OCCO4)C(=O)C(=O)N2c2nc3ccc(Cl)cc3s2)ccc1OCc1ccccc1. The van der Waals surface area contributed by atoms with Crippen LogP contribution in [0.5, 0.6) is 23.0 Å². The van der Waals surface area contributed by atoms with Crippen LogP contribution in [0, 0.1) is 0 Å². The van der Waals surface area contributed by atoms with Gasteiger partial charge >= 0.3 is 5.91 Å². The number of ketones is 1. The predicted octanol–water partition coefficient (Wildman–Crippen LogP) is 6.93. The highest BCUT2D eigenvalue weighted by Crippen LogP contribution is 2.46. The van der Waals surface area contributed by atoms with E-state index in [1.165, 1.54) is 23.3 Å². The van der Waals surface area contributed by atoms with E-state index in [1.807, 2.05) is 30.3 Å². The molecule has 2 aliphatic rings. The van der Waals surface area contributed by atoms with Gasteiger partial charge in [-0.25, -0.2) is 4.98 Å². The van der Waals surface area contributed by atoms with Crippen molar-refractivity contribution < 1.29 is 33.6 Å². The minimum absolute atomic E-state index is 0.103. The number of thiazole rings is 1. The summed E-state index contributed by atoms with van der Waals surface area (Å²) in [4.78, 5) is 33.5. The molecule has 0 unspecified atom stereocenters. The van der Waals surface area contributed by atoms with Crippen molar-refractivity contribution in [3.05, 3.63) is 112 Å². The van der Waals surface area contributed by atoms with Gasteiger partial charge in [-0.2, -0.15) is 0 Å². The average molecular weight is 641 g/mol. The second-order valence-corrected chi connectivity index (χ2v) is 11.8. The van der Waals surface area contributed by atoms with Crippen LogP contribution in [-0.2, 0) is 16.2 Å². The number of ether oxygens (including phenoxy) is 4. The summed E-state index contributed by atoms with van der Waals surface area (Å²) in [5.74, 6) is -0.210. The first-order chi connectivity index (χ1) is 21.9. The number of hydrogen-bond acceptors (Lipinski definition) is 9. The molecule has 11 heteroatoms. The lowest BCUT2D eigenvalue weighted by atomic mass is 9.95. The van der Waals surface area contributed by atoms with E-state index in [0.29, 0.717) is 64.5 Å². The summed E-state index contributed by atoms with van der Waals surface area (Å²) in [6, 6.07) is 23.9. The van der Waals surface area contributed by atoms with Gasteiger partial charge in [0.05, 0.1) is 28.9 Å². The monoisotopic (exact) mass is 640 g/mol. The summed E-state index contributed by atoms with van der Waals surface area (Å²) < 4.78 is 23.8. The first-order valence-electron chi connectivity index (χ1n) is 14.0. The molecule has 1 atom stereocenters. The Morgan fingerprint density at radius 1 is 0.978 bits per heavy atom. The van der Waals surface area contributed by atoms with Gasteiger partial charge in [-0.1, -0.05) is 59.3 Å². The lowest BCUT2D eigenvalue weighted by Gasteiger charge is -2.24. The molecule has 2 aliphatic heterocycles. The van der Waals surface area contributed by atoms with E-state index < -0.39 is 17.7 Å². The highest BCUT2D eigenvalue weighted by molar-refractivity contribution is 7.22. The summed E-state index contributed by atoms with van der Waals surface area (Å²) in [7, 11) is 1.51. The Labute approximate surface area is 266 Å². The number of aliphatic hydroxyl groups excluding tert-OH is 1. The molecule has 7 rings (SSSR count). The standard InChI is InChI=1S/C34H25ClN2O7S/c1-41-26-15-20(7-11-24(26)44-18-19-5-3-2-4-6-19)30-29(31(38)21-8-12-25-27(16-21)43-14-13-42-25)32(39)33(40)37(30)34-36-23-10-9-22(35)17-28(23)45-34/h2-12,15-17,30,38H,13-14,18H2,1H3/t30-/m0/s1. The molecule has 4 aromatic carbocycles. The molecule has 0 spiro atoms. The van der Waals surface area contributed by atoms with E-state index in [1.54, 1.807) is 54.6 Å². The van der Waals surface area contributed by atoms with Crippen molar-refractivity contribution >= 4 is 55.7 Å². The lowest BCUT2D eigenvalue weighted by molar-refractivity contribution is -0.132. The third-order valence-electron chi connectivity index (χ3n) is 7.55. The highest BCUT2D eigenvalue weighted by atomic mass is 35.5. The van der Waals surface area contributed by atoms with Crippen molar-refractivity contribution in [2.45, 2.75) is 12.6 Å². The number of aliphatic hydroxyl groups is 1. The molecule has 1 saturated heterocycles. The first-order valence-corrected chi connectivity index (χ1v) is 15.2. The Bertz CT molecular complexity index is 1990. The predicted molar refractivity (Wildman–Crippen MR) is 171 cm³/mol. The zero-order valence-electron chi connectivity index (χ0n) is 23.9. The van der Waals surface area contributed by atoms with Crippen LogP contribution in [0.2, 0.25) is 5.02 Å². The number of hydrogen-bond donors (Lipinski definition) is 1. The third-order valence-corrected chi connectivity index (χ3v) is 8.80. The van der Waals surface area contributed by atoms with Crippen LogP contribution in [0.1, 0.15) is 22.7 Å². The minimum Gasteiger partial charge on any atom is -0.507 e. The van der Waals surface area contributed by atoms with E-state index in [0.717, 1.165) is 10.3 Å². The van der Waals surface area contributed by atoms with Gasteiger partial charge in [0, 0.05) is 10.6 Å². The fourth-order valence-electron chi connectivity index (χ4n) is 5.39. The van der Waals surface area contributed by atoms with Crippen molar-refractivity contribution in [1.82, 2.24) is 4.98 Å². The number of nitrogens with zero attached hydrogens (tertiary/aromatic N) is 2. The number of halogens is 1. The van der Waals surface area contributed by atoms with Gasteiger partial charge in [0.25, 0.3) is 5.78 Å². The maximum Gasteiger partial charge on any atom is 0.301 e. The molecule has 0 aliphatic carbocycles. The van der Waals surface area contributed by atoms with Gasteiger partial charge in [-0.05, 0) is 59.7 Å². The summed E-state index contributed by atoms with van der Waals surface area (Å²) in [5.41, 5.74) is 2.30. The topological polar surface area (TPSA) is 107 Å². The van der Waals surface area contributed by atoms with Gasteiger partial charge < -0.3 is 24.1 Å². The number of carbonyl (C=O) groups excluding carboxylic acids is 2. The molecule has 1 aromatic heterocycles. The number of fused-ring (bicyclic) bond motifs is 2. The van der Waals surface area contributed by atoms with E-state index in [4.69, 9.17) is 30.5 Å². The molecule has 1 fully saturated rings. The highest BCUT2D eigenvalue weighted by Gasteiger charge is 2.48. The summed E-state index contributed by atoms with van der Waals surface area (Å²) in [6.07, 6.45) is 0. The summed E-state index contributed by atoms with van der Waals surface area (Å²) in [6.45, 7) is 1.07. The van der Waals surface area contributed by atoms with E-state index in [2.05, 4.69) is 4.98 Å². The second-order valence-electron chi connectivity index (χ2n) is 10.3. The molecule has 0 saturated carbocycles. The maximum absolute atomic E-state index is 13.8. The fourth-order valence-corrected chi connectivity index (χ4v) is 6.66. The molecular formula is C34H25ClN2O7S. The quantitative estimate of drug-likeness (QED) is 0.116. The molecule has 5 aromatic rings. The summed E-state index contributed by atoms with van der Waals surface area (Å²) >= 11 is 7.44. The molecule has 1 amide bonds. The van der Waals surface area contributed by atoms with E-state index in [9.17, 15) is 14.7 Å². The molecule has 226 valence electrons. The maximum atomic E-state index is 13.8. The molecule has 9 nitrogen and oxygen atoms in total. The number of methoxy groups -OCH3 is 1. The van der Waals surface area contributed by atoms with Crippen molar-refractivity contribution in [3.63, 3.8) is 0 Å². The molecular weight excluding hydrogens is 616 g/mol. The van der Waals surface area contributed by atoms with Crippen LogP contribution in [0.15, 0.2) is 90.5 Å². The van der Waals surface area contributed by atoms with E-state index in [-0.39, 0.29) is 16.5 Å². The lowest BCUT2D eigenvalue weighted by Crippen LogP contribution is -2.29. The zero-order valence-corrected chi connectivity index (χ0v) is 25.4. The first kappa shape index (κ1) is 28.7. The van der Waals surface area contributed by atoms with Crippen LogP contribution in [0.4, 0.5) is 5.13 Å². The van der Waals surface area contributed by atoms with Crippen LogP contribution in [0.3, 0.4) is 0 Å². The Kier molecular flexibility index (Phi) is 7.52. The minimum atomic E-state index is -1.04. The normalized spacial score (nSPS) is 17.1. The molecule has 0 bridgehead atoms. The largest absolute Gasteiger partial charge is 0.507 e. The Morgan fingerprint density at radius 2 is 1.78 bits per heavy atom. The van der Waals surface area contributed by atoms with Gasteiger partial charge in [-0.15, -0.1) is 0 Å². The molecule has 0 radical (unpaired) electrons. The second kappa shape index (κ2) is 11.8. The number of carbonyl (C=O) groups is 2. The van der Waals surface area contributed by atoms with E-state index >= 15 is 0 Å². The number of anilines is 1. The molecule has 3 heterocycles. The number of Topliss-reactive ketones (excluding diaryl/α,β-unsaturated/α-hetero) is 1. The molecule has 1 N–H and O–H groups in total. The zero-order chi connectivity index (χ0) is 31.1. The van der Waals surface area contributed by atoms with Gasteiger partial charge in [-0.3, -0.25) is 14.5 Å².